The molecule has 0 spiro atoms. The monoisotopic (exact) mass is 346 g/mol. The van der Waals surface area contributed by atoms with Gasteiger partial charge in [0.15, 0.2) is 5.03 Å². The summed E-state index contributed by atoms with van der Waals surface area (Å²) >= 11 is 0. The third-order valence-corrected chi connectivity index (χ3v) is 6.97. The number of benzene rings is 1. The van der Waals surface area contributed by atoms with Crippen LogP contribution in [0.15, 0.2) is 47.6 Å². The van der Waals surface area contributed by atoms with Crippen LogP contribution in [-0.4, -0.2) is 35.1 Å². The molecule has 0 bridgehead atoms. The molecule has 1 aliphatic heterocycles. The molecule has 4 rings (SSSR count). The van der Waals surface area contributed by atoms with Crippen LogP contribution in [0.5, 0.6) is 0 Å². The van der Waals surface area contributed by atoms with Crippen LogP contribution >= 0.6 is 0 Å². The van der Waals surface area contributed by atoms with E-state index in [2.05, 4.69) is 5.10 Å². The second-order valence-corrected chi connectivity index (χ2v) is 8.53. The lowest BCUT2D eigenvalue weighted by Gasteiger charge is -2.29. The molecule has 2 N–H and O–H groups in total. The van der Waals surface area contributed by atoms with Crippen LogP contribution in [0, 0.1) is 0 Å². The van der Waals surface area contributed by atoms with Gasteiger partial charge in [0.2, 0.25) is 0 Å². The van der Waals surface area contributed by atoms with Crippen LogP contribution in [-0.2, 0) is 10.0 Å². The second-order valence-electron chi connectivity index (χ2n) is 6.70. The van der Waals surface area contributed by atoms with E-state index in [1.165, 1.54) is 0 Å². The lowest BCUT2D eigenvalue weighted by molar-refractivity contribution is 0.267. The molecule has 1 aromatic carbocycles. The average Bonchev–Trinajstić information content (AvgIpc) is 3.14. The molecule has 1 saturated carbocycles. The molecule has 0 radical (unpaired) electrons. The van der Waals surface area contributed by atoms with Gasteiger partial charge in [0.25, 0.3) is 10.0 Å². The van der Waals surface area contributed by atoms with Crippen molar-refractivity contribution >= 4 is 10.0 Å². The highest BCUT2D eigenvalue weighted by Crippen LogP contribution is 2.38. The molecule has 1 aromatic heterocycles. The Morgan fingerprint density at radius 3 is 2.54 bits per heavy atom. The first-order valence-electron chi connectivity index (χ1n) is 8.43. The van der Waals surface area contributed by atoms with Crippen molar-refractivity contribution < 1.29 is 8.42 Å². The zero-order valence-electron chi connectivity index (χ0n) is 13.5. The minimum absolute atomic E-state index is 0.148. The number of nitrogens with zero attached hydrogens (tertiary/aromatic N) is 3. The summed E-state index contributed by atoms with van der Waals surface area (Å²) in [6.07, 6.45) is 5.34. The van der Waals surface area contributed by atoms with Crippen molar-refractivity contribution in [1.29, 1.82) is 0 Å². The Bertz CT molecular complexity index is 814. The van der Waals surface area contributed by atoms with E-state index >= 15 is 0 Å². The summed E-state index contributed by atoms with van der Waals surface area (Å²) < 4.78 is 29.8. The molecule has 128 valence electrons. The first-order chi connectivity index (χ1) is 11.6. The first-order valence-corrected chi connectivity index (χ1v) is 9.87. The van der Waals surface area contributed by atoms with Crippen molar-refractivity contribution in [1.82, 2.24) is 14.1 Å². The van der Waals surface area contributed by atoms with E-state index < -0.39 is 10.0 Å². The zero-order chi connectivity index (χ0) is 16.7. The Morgan fingerprint density at radius 1 is 1.12 bits per heavy atom. The van der Waals surface area contributed by atoms with Crippen molar-refractivity contribution in [2.45, 2.75) is 48.8 Å². The number of sulfonamides is 1. The maximum Gasteiger partial charge on any atom is 0.260 e. The van der Waals surface area contributed by atoms with E-state index in [0.717, 1.165) is 24.8 Å². The smallest absolute Gasteiger partial charge is 0.260 e. The van der Waals surface area contributed by atoms with Gasteiger partial charge in [-0.1, -0.05) is 30.3 Å². The number of hydrogen-bond acceptors (Lipinski definition) is 4. The Morgan fingerprint density at radius 2 is 1.88 bits per heavy atom. The summed E-state index contributed by atoms with van der Waals surface area (Å²) in [5.74, 6) is 0. The molecular formula is C17H22N4O2S. The van der Waals surface area contributed by atoms with Gasteiger partial charge < -0.3 is 5.73 Å². The quantitative estimate of drug-likeness (QED) is 0.919. The van der Waals surface area contributed by atoms with Gasteiger partial charge in [-0.25, -0.2) is 13.1 Å². The lowest BCUT2D eigenvalue weighted by atomic mass is 9.93. The first kappa shape index (κ1) is 15.8. The van der Waals surface area contributed by atoms with Crippen molar-refractivity contribution in [3.63, 3.8) is 0 Å². The Hall–Kier alpha value is -1.70. The van der Waals surface area contributed by atoms with Crippen LogP contribution in [0.1, 0.15) is 43.3 Å². The van der Waals surface area contributed by atoms with Gasteiger partial charge in [0.1, 0.15) is 0 Å². The number of aromatic nitrogens is 2. The van der Waals surface area contributed by atoms with Crippen LogP contribution in [0.2, 0.25) is 0 Å². The molecule has 2 aromatic rings. The van der Waals surface area contributed by atoms with Crippen molar-refractivity contribution in [2.24, 2.45) is 5.73 Å². The zero-order valence-corrected chi connectivity index (χ0v) is 14.3. The lowest BCUT2D eigenvalue weighted by Crippen LogP contribution is -2.35. The number of hydrogen-bond donors (Lipinski definition) is 1. The predicted molar refractivity (Wildman–Crippen MR) is 90.8 cm³/mol. The minimum atomic E-state index is -3.62. The normalized spacial score (nSPS) is 25.7. The summed E-state index contributed by atoms with van der Waals surface area (Å²) in [5.41, 5.74) is 7.10. The molecule has 2 atom stereocenters. The third-order valence-electron chi connectivity index (χ3n) is 5.10. The standard InChI is InChI=1S/C17H22N4O2S/c18-14-11-16(13-5-2-1-3-6-13)20(12-14)24(22,23)17-9-10-19-21(17)15-7-4-8-15/h1-3,5-6,9-10,14-16H,4,7-8,11-12,18H2/t14-,16-/m1/s1. The molecule has 2 heterocycles. The van der Waals surface area contributed by atoms with Gasteiger partial charge in [-0.15, -0.1) is 0 Å². The molecular weight excluding hydrogens is 324 g/mol. The number of nitrogens with two attached hydrogens (primary N) is 1. The van der Waals surface area contributed by atoms with E-state index in [1.54, 1.807) is 21.3 Å². The number of rotatable bonds is 4. The fourth-order valence-electron chi connectivity index (χ4n) is 3.61. The summed E-state index contributed by atoms with van der Waals surface area (Å²) in [7, 11) is -3.62. The predicted octanol–water partition coefficient (Wildman–Crippen LogP) is 2.07. The summed E-state index contributed by atoms with van der Waals surface area (Å²) in [5, 5.41) is 4.57. The van der Waals surface area contributed by atoms with E-state index in [0.29, 0.717) is 18.0 Å². The highest BCUT2D eigenvalue weighted by atomic mass is 32.2. The maximum absolute atomic E-state index is 13.3. The SMILES string of the molecule is N[C@@H]1C[C@H](c2ccccc2)N(S(=O)(=O)c2ccnn2C2CCC2)C1. The van der Waals surface area contributed by atoms with Gasteiger partial charge in [0.05, 0.1) is 18.3 Å². The largest absolute Gasteiger partial charge is 0.326 e. The van der Waals surface area contributed by atoms with Crippen LogP contribution < -0.4 is 5.73 Å². The minimum Gasteiger partial charge on any atom is -0.326 e. The van der Waals surface area contributed by atoms with E-state index in [-0.39, 0.29) is 18.1 Å². The summed E-state index contributed by atoms with van der Waals surface area (Å²) in [4.78, 5) is 0. The molecule has 0 unspecified atom stereocenters. The van der Waals surface area contributed by atoms with E-state index in [1.807, 2.05) is 30.3 Å². The topological polar surface area (TPSA) is 81.2 Å². The molecule has 1 aliphatic carbocycles. The van der Waals surface area contributed by atoms with E-state index in [9.17, 15) is 8.42 Å². The van der Waals surface area contributed by atoms with Gasteiger partial charge in [-0.3, -0.25) is 0 Å². The molecule has 0 amide bonds. The molecule has 2 fully saturated rings. The molecule has 7 heteroatoms. The molecule has 2 aliphatic rings. The van der Waals surface area contributed by atoms with Crippen LogP contribution in [0.3, 0.4) is 0 Å². The highest BCUT2D eigenvalue weighted by molar-refractivity contribution is 7.89. The van der Waals surface area contributed by atoms with Gasteiger partial charge >= 0.3 is 0 Å². The molecule has 24 heavy (non-hydrogen) atoms. The van der Waals surface area contributed by atoms with E-state index in [4.69, 9.17) is 5.73 Å². The Kier molecular flexibility index (Phi) is 3.94. The van der Waals surface area contributed by atoms with Gasteiger partial charge in [0, 0.05) is 12.6 Å². The third kappa shape index (κ3) is 2.56. The van der Waals surface area contributed by atoms with Crippen LogP contribution in [0.4, 0.5) is 0 Å². The molecule has 6 nitrogen and oxygen atoms in total. The van der Waals surface area contributed by atoms with Gasteiger partial charge in [-0.2, -0.15) is 9.40 Å². The second kappa shape index (κ2) is 5.98. The van der Waals surface area contributed by atoms with Crippen molar-refractivity contribution in [3.8, 4) is 0 Å². The fourth-order valence-corrected chi connectivity index (χ4v) is 5.45. The van der Waals surface area contributed by atoms with Crippen LogP contribution in [0.25, 0.3) is 0 Å². The highest BCUT2D eigenvalue weighted by Gasteiger charge is 2.41. The Balaban J connectivity index is 1.71. The van der Waals surface area contributed by atoms with Gasteiger partial charge in [-0.05, 0) is 37.3 Å². The van der Waals surface area contributed by atoms with Crippen molar-refractivity contribution in [2.75, 3.05) is 6.54 Å². The Labute approximate surface area is 142 Å². The summed E-state index contributed by atoms with van der Waals surface area (Å²) in [6, 6.07) is 11.2. The average molecular weight is 346 g/mol. The fraction of sp³-hybridized carbons (Fsp3) is 0.471. The maximum atomic E-state index is 13.3. The van der Waals surface area contributed by atoms with Crippen molar-refractivity contribution in [3.05, 3.63) is 48.2 Å². The molecule has 1 saturated heterocycles. The summed E-state index contributed by atoms with van der Waals surface area (Å²) in [6.45, 7) is 0.345.